The summed E-state index contributed by atoms with van der Waals surface area (Å²) in [4.78, 5) is 0. The summed E-state index contributed by atoms with van der Waals surface area (Å²) in [7, 11) is 0. The lowest BCUT2D eigenvalue weighted by Crippen LogP contribution is -2.26. The summed E-state index contributed by atoms with van der Waals surface area (Å²) in [5, 5.41) is 3.64. The lowest BCUT2D eigenvalue weighted by molar-refractivity contribution is 0.412. The van der Waals surface area contributed by atoms with Crippen LogP contribution in [0.1, 0.15) is 54.8 Å². The van der Waals surface area contributed by atoms with Crippen molar-refractivity contribution in [3.63, 3.8) is 0 Å². The second-order valence-electron chi connectivity index (χ2n) is 5.24. The van der Waals surface area contributed by atoms with E-state index in [4.69, 9.17) is 0 Å². The average Bonchev–Trinajstić information content (AvgIpc) is 2.39. The number of nitrogens with one attached hydrogen (secondary N) is 1. The number of hydrogen-bond donors (Lipinski definition) is 1. The molecule has 1 saturated heterocycles. The molecule has 0 amide bonds. The van der Waals surface area contributed by atoms with Gasteiger partial charge in [0.2, 0.25) is 0 Å². The lowest BCUT2D eigenvalue weighted by Gasteiger charge is -2.25. The number of aryl methyl sites for hydroxylation is 2. The van der Waals surface area contributed by atoms with Crippen molar-refractivity contribution in [2.75, 3.05) is 6.54 Å². The van der Waals surface area contributed by atoms with Crippen molar-refractivity contribution >= 4 is 0 Å². The van der Waals surface area contributed by atoms with Crippen LogP contribution in [0.25, 0.3) is 0 Å². The van der Waals surface area contributed by atoms with Gasteiger partial charge in [0.05, 0.1) is 0 Å². The van der Waals surface area contributed by atoms with E-state index in [1.165, 1.54) is 57.1 Å². The molecule has 1 heterocycles. The molecular weight excluding hydrogens is 194 g/mol. The third kappa shape index (κ3) is 2.01. The highest BCUT2D eigenvalue weighted by Crippen LogP contribution is 2.28. The summed E-state index contributed by atoms with van der Waals surface area (Å²) in [6.07, 6.45) is 9.42. The Morgan fingerprint density at radius 1 is 0.938 bits per heavy atom. The maximum absolute atomic E-state index is 3.64. The van der Waals surface area contributed by atoms with Crippen LogP contribution in [-0.4, -0.2) is 6.54 Å². The second-order valence-corrected chi connectivity index (χ2v) is 5.24. The van der Waals surface area contributed by atoms with Crippen molar-refractivity contribution in [3.05, 3.63) is 34.9 Å². The van der Waals surface area contributed by atoms with Crippen LogP contribution in [0.5, 0.6) is 0 Å². The fourth-order valence-electron chi connectivity index (χ4n) is 3.11. The second kappa shape index (κ2) is 4.58. The van der Waals surface area contributed by atoms with Crippen LogP contribution in [-0.2, 0) is 12.8 Å². The SMILES string of the molecule is c1cc2c(cc1C1CCCCN1)CCCC2. The van der Waals surface area contributed by atoms with Crippen molar-refractivity contribution in [2.24, 2.45) is 0 Å². The predicted molar refractivity (Wildman–Crippen MR) is 67.7 cm³/mol. The zero-order chi connectivity index (χ0) is 10.8. The molecule has 0 bridgehead atoms. The molecule has 1 nitrogen and oxygen atoms in total. The summed E-state index contributed by atoms with van der Waals surface area (Å²) in [5.74, 6) is 0. The third-order valence-electron chi connectivity index (χ3n) is 4.09. The number of piperidine rings is 1. The van der Waals surface area contributed by atoms with Crippen molar-refractivity contribution in [1.29, 1.82) is 0 Å². The molecule has 0 spiro atoms. The van der Waals surface area contributed by atoms with E-state index in [1.54, 1.807) is 11.1 Å². The Balaban J connectivity index is 1.84. The van der Waals surface area contributed by atoms with E-state index in [1.807, 2.05) is 0 Å². The van der Waals surface area contributed by atoms with Crippen molar-refractivity contribution in [3.8, 4) is 0 Å². The Morgan fingerprint density at radius 2 is 1.81 bits per heavy atom. The summed E-state index contributed by atoms with van der Waals surface area (Å²) >= 11 is 0. The highest BCUT2D eigenvalue weighted by Gasteiger charge is 2.16. The van der Waals surface area contributed by atoms with Gasteiger partial charge in [-0.25, -0.2) is 0 Å². The standard InChI is InChI=1S/C15H21N/c1-2-6-13-11-14(9-8-12(13)5-1)15-7-3-4-10-16-15/h8-9,11,15-16H,1-7,10H2. The largest absolute Gasteiger partial charge is 0.310 e. The quantitative estimate of drug-likeness (QED) is 0.757. The van der Waals surface area contributed by atoms with Gasteiger partial charge >= 0.3 is 0 Å². The number of hydrogen-bond acceptors (Lipinski definition) is 1. The van der Waals surface area contributed by atoms with E-state index in [9.17, 15) is 0 Å². The minimum absolute atomic E-state index is 0.626. The molecule has 1 heteroatoms. The van der Waals surface area contributed by atoms with Crippen molar-refractivity contribution < 1.29 is 0 Å². The zero-order valence-corrected chi connectivity index (χ0v) is 9.97. The smallest absolute Gasteiger partial charge is 0.0320 e. The van der Waals surface area contributed by atoms with Gasteiger partial charge in [-0.15, -0.1) is 0 Å². The first-order valence-electron chi connectivity index (χ1n) is 6.78. The highest BCUT2D eigenvalue weighted by molar-refractivity contribution is 5.35. The fourth-order valence-corrected chi connectivity index (χ4v) is 3.11. The van der Waals surface area contributed by atoms with Crippen LogP contribution < -0.4 is 5.32 Å². The molecule has 1 aromatic carbocycles. The minimum atomic E-state index is 0.626. The van der Waals surface area contributed by atoms with Crippen molar-refractivity contribution in [2.45, 2.75) is 51.0 Å². The number of fused-ring (bicyclic) bond motifs is 1. The molecule has 0 saturated carbocycles. The molecule has 0 aromatic heterocycles. The van der Waals surface area contributed by atoms with Gasteiger partial charge in [-0.2, -0.15) is 0 Å². The van der Waals surface area contributed by atoms with E-state index in [2.05, 4.69) is 23.5 Å². The van der Waals surface area contributed by atoms with Crippen LogP contribution in [0.15, 0.2) is 18.2 Å². The molecule has 86 valence electrons. The van der Waals surface area contributed by atoms with Gasteiger partial charge in [0, 0.05) is 6.04 Å². The fraction of sp³-hybridized carbons (Fsp3) is 0.600. The first-order valence-corrected chi connectivity index (χ1v) is 6.78. The van der Waals surface area contributed by atoms with E-state index in [0.717, 1.165) is 0 Å². The molecule has 1 fully saturated rings. The third-order valence-corrected chi connectivity index (χ3v) is 4.09. The van der Waals surface area contributed by atoms with Gasteiger partial charge in [0.1, 0.15) is 0 Å². The van der Waals surface area contributed by atoms with E-state index < -0.39 is 0 Å². The summed E-state index contributed by atoms with van der Waals surface area (Å²) in [5.41, 5.74) is 4.75. The normalized spacial score (nSPS) is 25.1. The molecule has 1 N–H and O–H groups in total. The van der Waals surface area contributed by atoms with Gasteiger partial charge in [-0.1, -0.05) is 24.6 Å². The summed E-state index contributed by atoms with van der Waals surface area (Å²) in [6, 6.07) is 7.83. The Labute approximate surface area is 98.3 Å². The van der Waals surface area contributed by atoms with Gasteiger partial charge in [-0.3, -0.25) is 0 Å². The Bertz CT molecular complexity index is 364. The van der Waals surface area contributed by atoms with Crippen LogP contribution in [0.3, 0.4) is 0 Å². The highest BCUT2D eigenvalue weighted by atomic mass is 14.9. The molecule has 2 aliphatic rings. The molecule has 1 atom stereocenters. The van der Waals surface area contributed by atoms with Crippen LogP contribution in [0.2, 0.25) is 0 Å². The molecule has 1 unspecified atom stereocenters. The van der Waals surface area contributed by atoms with Crippen LogP contribution in [0, 0.1) is 0 Å². The number of benzene rings is 1. The van der Waals surface area contributed by atoms with Gasteiger partial charge in [0.15, 0.2) is 0 Å². The Hall–Kier alpha value is -0.820. The maximum atomic E-state index is 3.64. The Kier molecular flexibility index (Phi) is 2.96. The molecule has 3 rings (SSSR count). The van der Waals surface area contributed by atoms with Crippen LogP contribution >= 0.6 is 0 Å². The molecule has 1 aliphatic heterocycles. The average molecular weight is 215 g/mol. The first-order chi connectivity index (χ1) is 7.93. The Morgan fingerprint density at radius 3 is 2.62 bits per heavy atom. The van der Waals surface area contributed by atoms with Gasteiger partial charge in [-0.05, 0) is 61.8 Å². The molecular formula is C15H21N. The first kappa shape index (κ1) is 10.3. The maximum Gasteiger partial charge on any atom is 0.0320 e. The predicted octanol–water partition coefficient (Wildman–Crippen LogP) is 3.38. The monoisotopic (exact) mass is 215 g/mol. The topological polar surface area (TPSA) is 12.0 Å². The summed E-state index contributed by atoms with van der Waals surface area (Å²) in [6.45, 7) is 1.20. The van der Waals surface area contributed by atoms with Gasteiger partial charge < -0.3 is 5.32 Å². The zero-order valence-electron chi connectivity index (χ0n) is 9.97. The molecule has 1 aromatic rings. The minimum Gasteiger partial charge on any atom is -0.310 e. The van der Waals surface area contributed by atoms with Crippen LogP contribution in [0.4, 0.5) is 0 Å². The molecule has 0 radical (unpaired) electrons. The summed E-state index contributed by atoms with van der Waals surface area (Å²) < 4.78 is 0. The van der Waals surface area contributed by atoms with Gasteiger partial charge in [0.25, 0.3) is 0 Å². The molecule has 16 heavy (non-hydrogen) atoms. The molecule has 1 aliphatic carbocycles. The lowest BCUT2D eigenvalue weighted by atomic mass is 9.88. The van der Waals surface area contributed by atoms with Crippen molar-refractivity contribution in [1.82, 2.24) is 5.32 Å². The van der Waals surface area contributed by atoms with E-state index in [0.29, 0.717) is 6.04 Å². The number of rotatable bonds is 1. The van der Waals surface area contributed by atoms with E-state index >= 15 is 0 Å². The van der Waals surface area contributed by atoms with E-state index in [-0.39, 0.29) is 0 Å².